The molecule has 0 fully saturated rings. The van der Waals surface area contributed by atoms with Crippen molar-refractivity contribution in [1.29, 1.82) is 0 Å². The smallest absolute Gasteiger partial charge is 0.328 e. The van der Waals surface area contributed by atoms with E-state index in [9.17, 15) is 9.59 Å². The van der Waals surface area contributed by atoms with Gasteiger partial charge < -0.3 is 10.0 Å². The summed E-state index contributed by atoms with van der Waals surface area (Å²) in [6, 6.07) is 1.80. The number of nitrogens with zero attached hydrogens (tertiary/aromatic N) is 3. The Morgan fingerprint density at radius 1 is 1.56 bits per heavy atom. The number of likely N-dealkylation sites (N-methyl/N-ethyl adjacent to an activating group) is 1. The highest BCUT2D eigenvalue weighted by atomic mass is 16.4. The second-order valence-electron chi connectivity index (χ2n) is 3.31. The monoisotopic (exact) mass is 223 g/mol. The van der Waals surface area contributed by atoms with Crippen molar-refractivity contribution < 1.29 is 14.7 Å². The summed E-state index contributed by atoms with van der Waals surface area (Å²) < 4.78 is 1.66. The third-order valence-corrected chi connectivity index (χ3v) is 2.07. The van der Waals surface area contributed by atoms with E-state index in [2.05, 4.69) is 5.10 Å². The highest BCUT2D eigenvalue weighted by molar-refractivity contribution is 5.93. The van der Waals surface area contributed by atoms with E-state index in [1.807, 2.05) is 0 Å². The first kappa shape index (κ1) is 12.0. The molecule has 1 N–H and O–H groups in total. The maximum Gasteiger partial charge on any atom is 0.328 e. The maximum atomic E-state index is 11.4. The number of aliphatic carboxylic acids is 1. The molecule has 6 nitrogen and oxygen atoms in total. The van der Waals surface area contributed by atoms with Crippen molar-refractivity contribution in [3.63, 3.8) is 0 Å². The lowest BCUT2D eigenvalue weighted by atomic mass is 10.3. The summed E-state index contributed by atoms with van der Waals surface area (Å²) in [4.78, 5) is 23.1. The average molecular weight is 223 g/mol. The van der Waals surface area contributed by atoms with Gasteiger partial charge in [0.1, 0.15) is 0 Å². The molecule has 0 aliphatic heterocycles. The molecule has 0 aromatic carbocycles. The number of aromatic nitrogens is 2. The number of carboxylic acids is 1. The molecule has 16 heavy (non-hydrogen) atoms. The van der Waals surface area contributed by atoms with Gasteiger partial charge in [-0.1, -0.05) is 0 Å². The molecule has 0 saturated carbocycles. The minimum atomic E-state index is -1.14. The van der Waals surface area contributed by atoms with Gasteiger partial charge in [0.2, 0.25) is 5.91 Å². The maximum absolute atomic E-state index is 11.4. The van der Waals surface area contributed by atoms with Crippen molar-refractivity contribution in [1.82, 2.24) is 14.7 Å². The zero-order valence-corrected chi connectivity index (χ0v) is 9.12. The Balaban J connectivity index is 2.59. The molecule has 0 bridgehead atoms. The first-order chi connectivity index (χ1) is 7.50. The number of amides is 1. The molecular weight excluding hydrogens is 210 g/mol. The fourth-order valence-corrected chi connectivity index (χ4v) is 1.15. The minimum Gasteiger partial charge on any atom is -0.478 e. The van der Waals surface area contributed by atoms with Crippen LogP contribution in [0.25, 0.3) is 0 Å². The normalized spacial score (nSPS) is 10.6. The summed E-state index contributed by atoms with van der Waals surface area (Å²) >= 11 is 0. The van der Waals surface area contributed by atoms with E-state index in [1.165, 1.54) is 4.90 Å². The lowest BCUT2D eigenvalue weighted by Crippen LogP contribution is -2.25. The Morgan fingerprint density at radius 3 is 2.75 bits per heavy atom. The molecule has 0 aliphatic carbocycles. The Bertz CT molecular complexity index is 423. The number of rotatable bonds is 4. The molecule has 1 aromatic heterocycles. The molecule has 1 rings (SSSR count). The van der Waals surface area contributed by atoms with Crippen LogP contribution in [0.4, 0.5) is 0 Å². The number of carbonyl (C=O) groups is 2. The van der Waals surface area contributed by atoms with Gasteiger partial charge in [-0.2, -0.15) is 5.10 Å². The summed E-state index contributed by atoms with van der Waals surface area (Å²) in [5.41, 5.74) is 0.875. The van der Waals surface area contributed by atoms with Crippen LogP contribution in [0, 0.1) is 0 Å². The van der Waals surface area contributed by atoms with E-state index in [4.69, 9.17) is 5.11 Å². The van der Waals surface area contributed by atoms with Crippen LogP contribution >= 0.6 is 0 Å². The first-order valence-electron chi connectivity index (χ1n) is 4.63. The van der Waals surface area contributed by atoms with E-state index in [0.29, 0.717) is 6.54 Å². The van der Waals surface area contributed by atoms with Gasteiger partial charge in [0.25, 0.3) is 0 Å². The van der Waals surface area contributed by atoms with Crippen molar-refractivity contribution in [2.24, 2.45) is 7.05 Å². The molecule has 0 unspecified atom stereocenters. The zero-order chi connectivity index (χ0) is 12.1. The molecule has 1 heterocycles. The summed E-state index contributed by atoms with van der Waals surface area (Å²) in [6.45, 7) is 0.388. The second kappa shape index (κ2) is 5.11. The Kier molecular flexibility index (Phi) is 3.82. The van der Waals surface area contributed by atoms with Gasteiger partial charge in [-0.25, -0.2) is 4.79 Å². The van der Waals surface area contributed by atoms with Crippen molar-refractivity contribution in [2.75, 3.05) is 7.05 Å². The van der Waals surface area contributed by atoms with Crippen molar-refractivity contribution >= 4 is 11.9 Å². The van der Waals surface area contributed by atoms with Crippen LogP contribution in [0.5, 0.6) is 0 Å². The molecular formula is C10H13N3O3. The molecule has 0 saturated heterocycles. The van der Waals surface area contributed by atoms with Gasteiger partial charge in [-0.05, 0) is 6.07 Å². The third-order valence-electron chi connectivity index (χ3n) is 2.07. The molecule has 1 aromatic rings. The van der Waals surface area contributed by atoms with Crippen LogP contribution in [0.2, 0.25) is 0 Å². The van der Waals surface area contributed by atoms with Gasteiger partial charge in [0.05, 0.1) is 12.2 Å². The number of aryl methyl sites for hydroxylation is 1. The van der Waals surface area contributed by atoms with Crippen LogP contribution in [-0.2, 0) is 23.2 Å². The van der Waals surface area contributed by atoms with Gasteiger partial charge >= 0.3 is 5.97 Å². The van der Waals surface area contributed by atoms with E-state index < -0.39 is 5.97 Å². The van der Waals surface area contributed by atoms with Crippen LogP contribution < -0.4 is 0 Å². The third kappa shape index (κ3) is 3.23. The highest BCUT2D eigenvalue weighted by Crippen LogP contribution is 2.01. The fraction of sp³-hybridized carbons (Fsp3) is 0.300. The summed E-state index contributed by atoms with van der Waals surface area (Å²) in [7, 11) is 3.38. The standard InChI is InChI=1S/C10H13N3O3/c1-12(9(14)3-4-10(15)16)7-8-5-6-11-13(8)2/h3-6H,7H2,1-2H3,(H,15,16)/b4-3-. The largest absolute Gasteiger partial charge is 0.478 e. The summed E-state index contributed by atoms with van der Waals surface area (Å²) in [6.07, 6.45) is 3.49. The van der Waals surface area contributed by atoms with Gasteiger partial charge in [-0.15, -0.1) is 0 Å². The number of hydrogen-bond donors (Lipinski definition) is 1. The number of carbonyl (C=O) groups excluding carboxylic acids is 1. The van der Waals surface area contributed by atoms with E-state index in [0.717, 1.165) is 17.8 Å². The second-order valence-corrected chi connectivity index (χ2v) is 3.31. The Hall–Kier alpha value is -2.11. The average Bonchev–Trinajstić information content (AvgIpc) is 2.60. The molecule has 0 aliphatic rings. The van der Waals surface area contributed by atoms with E-state index >= 15 is 0 Å². The van der Waals surface area contributed by atoms with Gasteiger partial charge in [-0.3, -0.25) is 9.48 Å². The van der Waals surface area contributed by atoms with Crippen LogP contribution in [0.1, 0.15) is 5.69 Å². The number of carboxylic acid groups (broad SMARTS) is 1. The van der Waals surface area contributed by atoms with Crippen LogP contribution in [-0.4, -0.2) is 38.7 Å². The number of hydrogen-bond acceptors (Lipinski definition) is 3. The predicted octanol–water partition coefficient (Wildman–Crippen LogP) is 0.0193. The van der Waals surface area contributed by atoms with Crippen LogP contribution in [0.15, 0.2) is 24.4 Å². The van der Waals surface area contributed by atoms with Crippen molar-refractivity contribution in [2.45, 2.75) is 6.54 Å². The quantitative estimate of drug-likeness (QED) is 0.730. The van der Waals surface area contributed by atoms with Gasteiger partial charge in [0.15, 0.2) is 0 Å². The van der Waals surface area contributed by atoms with Crippen LogP contribution in [0.3, 0.4) is 0 Å². The highest BCUT2D eigenvalue weighted by Gasteiger charge is 2.08. The minimum absolute atomic E-state index is 0.358. The van der Waals surface area contributed by atoms with E-state index in [1.54, 1.807) is 31.0 Å². The molecule has 0 atom stereocenters. The zero-order valence-electron chi connectivity index (χ0n) is 9.12. The lowest BCUT2D eigenvalue weighted by Gasteiger charge is -2.14. The fourth-order valence-electron chi connectivity index (χ4n) is 1.15. The molecule has 86 valence electrons. The van der Waals surface area contributed by atoms with Crippen molar-refractivity contribution in [3.8, 4) is 0 Å². The Labute approximate surface area is 92.8 Å². The molecule has 1 amide bonds. The van der Waals surface area contributed by atoms with Crippen molar-refractivity contribution in [3.05, 3.63) is 30.1 Å². The molecule has 0 radical (unpaired) electrons. The van der Waals surface area contributed by atoms with E-state index in [-0.39, 0.29) is 5.91 Å². The first-order valence-corrected chi connectivity index (χ1v) is 4.63. The predicted molar refractivity (Wildman–Crippen MR) is 56.5 cm³/mol. The van der Waals surface area contributed by atoms with Gasteiger partial charge in [0, 0.05) is 32.4 Å². The lowest BCUT2D eigenvalue weighted by molar-refractivity contribution is -0.132. The summed E-state index contributed by atoms with van der Waals surface area (Å²) in [5.74, 6) is -1.49. The topological polar surface area (TPSA) is 75.4 Å². The SMILES string of the molecule is CN(Cc1ccnn1C)C(=O)/C=C\C(=O)O. The summed E-state index contributed by atoms with van der Waals surface area (Å²) in [5, 5.41) is 12.3. The molecule has 0 spiro atoms. The Morgan fingerprint density at radius 2 is 2.25 bits per heavy atom. The molecule has 6 heteroatoms.